The summed E-state index contributed by atoms with van der Waals surface area (Å²) in [4.78, 5) is 35.6. The maximum absolute atomic E-state index is 12.0. The predicted molar refractivity (Wildman–Crippen MR) is 70.8 cm³/mol. The number of aliphatic carboxylic acids is 1. The van der Waals surface area contributed by atoms with Crippen molar-refractivity contribution in [3.8, 4) is 0 Å². The Morgan fingerprint density at radius 1 is 1.35 bits per heavy atom. The molecule has 0 bridgehead atoms. The van der Waals surface area contributed by atoms with E-state index in [4.69, 9.17) is 15.6 Å². The second-order valence-electron chi connectivity index (χ2n) is 4.89. The fourth-order valence-electron chi connectivity index (χ4n) is 2.23. The molecule has 0 aromatic rings. The molecule has 0 aromatic heterocycles. The van der Waals surface area contributed by atoms with Crippen LogP contribution in [0.25, 0.3) is 0 Å². The van der Waals surface area contributed by atoms with Crippen LogP contribution in [0.2, 0.25) is 0 Å². The van der Waals surface area contributed by atoms with E-state index in [1.54, 1.807) is 11.8 Å². The first-order valence-corrected chi connectivity index (χ1v) is 6.88. The Bertz CT molecular complexity index is 364. The van der Waals surface area contributed by atoms with Gasteiger partial charge >= 0.3 is 11.9 Å². The van der Waals surface area contributed by atoms with Crippen LogP contribution in [0, 0.1) is 5.92 Å². The normalized spacial score (nSPS) is 17.6. The number of nitrogens with zero attached hydrogens (tertiary/aromatic N) is 1. The van der Waals surface area contributed by atoms with E-state index in [1.807, 2.05) is 0 Å². The summed E-state index contributed by atoms with van der Waals surface area (Å²) in [6.45, 7) is 3.04. The van der Waals surface area contributed by atoms with Gasteiger partial charge in [-0.15, -0.1) is 0 Å². The Hall–Kier alpha value is -1.63. The highest BCUT2D eigenvalue weighted by molar-refractivity contribution is 5.82. The summed E-state index contributed by atoms with van der Waals surface area (Å²) in [6.07, 6.45) is 1.14. The third-order valence-electron chi connectivity index (χ3n) is 3.41. The Morgan fingerprint density at radius 2 is 1.95 bits per heavy atom. The molecule has 0 saturated carbocycles. The van der Waals surface area contributed by atoms with Crippen LogP contribution < -0.4 is 5.73 Å². The Kier molecular flexibility index (Phi) is 6.44. The second-order valence-corrected chi connectivity index (χ2v) is 4.89. The molecule has 1 amide bonds. The number of ether oxygens (including phenoxy) is 1. The average Bonchev–Trinajstić information content (AvgIpc) is 2.44. The summed E-state index contributed by atoms with van der Waals surface area (Å²) in [5, 5.41) is 8.57. The predicted octanol–water partition coefficient (Wildman–Crippen LogP) is -0.0198. The molecule has 1 heterocycles. The van der Waals surface area contributed by atoms with Crippen molar-refractivity contribution in [3.05, 3.63) is 0 Å². The van der Waals surface area contributed by atoms with E-state index in [-0.39, 0.29) is 30.6 Å². The summed E-state index contributed by atoms with van der Waals surface area (Å²) >= 11 is 0. The van der Waals surface area contributed by atoms with E-state index in [2.05, 4.69) is 0 Å². The van der Waals surface area contributed by atoms with Gasteiger partial charge < -0.3 is 20.5 Å². The van der Waals surface area contributed by atoms with E-state index in [9.17, 15) is 14.4 Å². The first-order valence-electron chi connectivity index (χ1n) is 6.88. The molecule has 0 radical (unpaired) electrons. The molecule has 1 rings (SSSR count). The standard InChI is InChI=1S/C13H22N2O5/c1-2-20-13(19)9-5-7-15(8-6-9)12(18)10(14)3-4-11(16)17/h9-10H,2-8,14H2,1H3,(H,16,17). The Labute approximate surface area is 118 Å². The van der Waals surface area contributed by atoms with Gasteiger partial charge in [0.2, 0.25) is 5.91 Å². The van der Waals surface area contributed by atoms with Crippen molar-refractivity contribution in [1.82, 2.24) is 4.90 Å². The average molecular weight is 286 g/mol. The largest absolute Gasteiger partial charge is 0.481 e. The van der Waals surface area contributed by atoms with Crippen molar-refractivity contribution >= 4 is 17.8 Å². The van der Waals surface area contributed by atoms with Crippen molar-refractivity contribution in [1.29, 1.82) is 0 Å². The summed E-state index contributed by atoms with van der Waals surface area (Å²) in [5.74, 6) is -1.58. The molecular formula is C13H22N2O5. The first-order chi connectivity index (χ1) is 9.45. The third kappa shape index (κ3) is 4.80. The van der Waals surface area contributed by atoms with Crippen LogP contribution in [-0.2, 0) is 19.1 Å². The van der Waals surface area contributed by atoms with Gasteiger partial charge in [-0.25, -0.2) is 0 Å². The molecule has 1 fully saturated rings. The number of likely N-dealkylation sites (tertiary alicyclic amines) is 1. The van der Waals surface area contributed by atoms with Crippen LogP contribution in [0.15, 0.2) is 0 Å². The number of nitrogens with two attached hydrogens (primary N) is 1. The van der Waals surface area contributed by atoms with Crippen LogP contribution >= 0.6 is 0 Å². The highest BCUT2D eigenvalue weighted by atomic mass is 16.5. The highest BCUT2D eigenvalue weighted by Gasteiger charge is 2.30. The number of piperidine rings is 1. The second kappa shape index (κ2) is 7.84. The number of amides is 1. The fraction of sp³-hybridized carbons (Fsp3) is 0.769. The van der Waals surface area contributed by atoms with Crippen LogP contribution in [0.1, 0.15) is 32.6 Å². The molecule has 0 aliphatic carbocycles. The molecule has 7 heteroatoms. The number of carboxylic acids is 1. The van der Waals surface area contributed by atoms with Crippen molar-refractivity contribution < 1.29 is 24.2 Å². The number of rotatable bonds is 6. The van der Waals surface area contributed by atoms with Gasteiger partial charge in [-0.1, -0.05) is 0 Å². The highest BCUT2D eigenvalue weighted by Crippen LogP contribution is 2.19. The molecule has 114 valence electrons. The zero-order chi connectivity index (χ0) is 15.1. The monoisotopic (exact) mass is 286 g/mol. The van der Waals surface area contributed by atoms with Crippen molar-refractivity contribution in [3.63, 3.8) is 0 Å². The SMILES string of the molecule is CCOC(=O)C1CCN(C(=O)C(N)CCC(=O)O)CC1. The van der Waals surface area contributed by atoms with Gasteiger partial charge in [-0.2, -0.15) is 0 Å². The number of carbonyl (C=O) groups is 3. The number of carbonyl (C=O) groups excluding carboxylic acids is 2. The number of carboxylic acid groups (broad SMARTS) is 1. The van der Waals surface area contributed by atoms with Gasteiger partial charge in [0.15, 0.2) is 0 Å². The fourth-order valence-corrected chi connectivity index (χ4v) is 2.23. The molecule has 0 spiro atoms. The maximum Gasteiger partial charge on any atom is 0.309 e. The molecule has 0 aromatic carbocycles. The molecule has 1 atom stereocenters. The van der Waals surface area contributed by atoms with Crippen molar-refractivity contribution in [2.45, 2.75) is 38.6 Å². The zero-order valence-electron chi connectivity index (χ0n) is 11.7. The van der Waals surface area contributed by atoms with E-state index >= 15 is 0 Å². The smallest absolute Gasteiger partial charge is 0.309 e. The minimum Gasteiger partial charge on any atom is -0.481 e. The lowest BCUT2D eigenvalue weighted by atomic mass is 9.96. The topological polar surface area (TPSA) is 110 Å². The van der Waals surface area contributed by atoms with E-state index in [0.717, 1.165) is 0 Å². The lowest BCUT2D eigenvalue weighted by Crippen LogP contribution is -2.48. The van der Waals surface area contributed by atoms with Gasteiger partial charge in [-0.3, -0.25) is 14.4 Å². The lowest BCUT2D eigenvalue weighted by molar-refractivity contribution is -0.151. The van der Waals surface area contributed by atoms with Crippen molar-refractivity contribution in [2.75, 3.05) is 19.7 Å². The van der Waals surface area contributed by atoms with Gasteiger partial charge in [0.25, 0.3) is 0 Å². The van der Waals surface area contributed by atoms with Crippen molar-refractivity contribution in [2.24, 2.45) is 11.7 Å². The molecule has 20 heavy (non-hydrogen) atoms. The molecule has 3 N–H and O–H groups in total. The summed E-state index contributed by atoms with van der Waals surface area (Å²) < 4.78 is 4.96. The van der Waals surface area contributed by atoms with Gasteiger partial charge in [0.05, 0.1) is 18.6 Å². The van der Waals surface area contributed by atoms with Gasteiger partial charge in [0, 0.05) is 19.5 Å². The lowest BCUT2D eigenvalue weighted by Gasteiger charge is -2.32. The summed E-state index contributed by atoms with van der Waals surface area (Å²) in [7, 11) is 0. The molecule has 1 aliphatic rings. The first kappa shape index (κ1) is 16.4. The van der Waals surface area contributed by atoms with Crippen LogP contribution in [0.4, 0.5) is 0 Å². The minimum atomic E-state index is -0.964. The zero-order valence-corrected chi connectivity index (χ0v) is 11.7. The van der Waals surface area contributed by atoms with Gasteiger partial charge in [-0.05, 0) is 26.2 Å². The van der Waals surface area contributed by atoms with E-state index in [0.29, 0.717) is 32.5 Å². The number of hydrogen-bond donors (Lipinski definition) is 2. The quantitative estimate of drug-likeness (QED) is 0.664. The van der Waals surface area contributed by atoms with Crippen LogP contribution in [0.3, 0.4) is 0 Å². The molecule has 1 saturated heterocycles. The van der Waals surface area contributed by atoms with E-state index in [1.165, 1.54) is 0 Å². The molecule has 1 unspecified atom stereocenters. The number of esters is 1. The number of hydrogen-bond acceptors (Lipinski definition) is 5. The Morgan fingerprint density at radius 3 is 2.45 bits per heavy atom. The van der Waals surface area contributed by atoms with Crippen LogP contribution in [-0.4, -0.2) is 53.6 Å². The Balaban J connectivity index is 2.38. The summed E-state index contributed by atoms with van der Waals surface area (Å²) in [6, 6.07) is -0.787. The molecule has 1 aliphatic heterocycles. The van der Waals surface area contributed by atoms with E-state index < -0.39 is 12.0 Å². The summed E-state index contributed by atoms with van der Waals surface area (Å²) in [5.41, 5.74) is 5.69. The third-order valence-corrected chi connectivity index (χ3v) is 3.41. The minimum absolute atomic E-state index is 0.119. The molecular weight excluding hydrogens is 264 g/mol. The maximum atomic E-state index is 12.0. The molecule has 7 nitrogen and oxygen atoms in total. The van der Waals surface area contributed by atoms with Crippen LogP contribution in [0.5, 0.6) is 0 Å². The van der Waals surface area contributed by atoms with Gasteiger partial charge in [0.1, 0.15) is 0 Å².